The van der Waals surface area contributed by atoms with Crippen LogP contribution in [0, 0.1) is 0 Å². The van der Waals surface area contributed by atoms with Gasteiger partial charge in [-0.3, -0.25) is 4.90 Å². The van der Waals surface area contributed by atoms with Crippen LogP contribution in [0.1, 0.15) is 25.8 Å². The molecule has 1 saturated heterocycles. The lowest BCUT2D eigenvalue weighted by Gasteiger charge is -2.31. The molecule has 1 aromatic rings. The molecule has 82 valence electrons. The molecular weight excluding hydrogens is 186 g/mol. The topological polar surface area (TPSA) is 23.5 Å². The molecule has 0 spiro atoms. The molecule has 2 heteroatoms. The zero-order valence-electron chi connectivity index (χ0n) is 9.48. The Morgan fingerprint density at radius 1 is 1.40 bits per heavy atom. The van der Waals surface area contributed by atoms with Gasteiger partial charge in [-0.15, -0.1) is 0 Å². The average molecular weight is 205 g/mol. The number of aliphatic hydroxyl groups is 1. The van der Waals surface area contributed by atoms with Crippen LogP contribution >= 0.6 is 0 Å². The second-order valence-electron chi connectivity index (χ2n) is 4.34. The van der Waals surface area contributed by atoms with Gasteiger partial charge in [0.2, 0.25) is 0 Å². The Kier molecular flexibility index (Phi) is 2.81. The average Bonchev–Trinajstić information content (AvgIpc) is 2.58. The molecule has 0 aliphatic carbocycles. The van der Waals surface area contributed by atoms with E-state index in [0.29, 0.717) is 0 Å². The van der Waals surface area contributed by atoms with E-state index in [-0.39, 0.29) is 6.04 Å². The lowest BCUT2D eigenvalue weighted by Crippen LogP contribution is -2.40. The van der Waals surface area contributed by atoms with E-state index in [4.69, 9.17) is 0 Å². The summed E-state index contributed by atoms with van der Waals surface area (Å²) in [7, 11) is 0. The van der Waals surface area contributed by atoms with Crippen LogP contribution in [0.2, 0.25) is 0 Å². The molecule has 0 bridgehead atoms. The van der Waals surface area contributed by atoms with Crippen LogP contribution in [0.5, 0.6) is 0 Å². The molecule has 1 heterocycles. The van der Waals surface area contributed by atoms with Crippen molar-refractivity contribution in [3.05, 3.63) is 35.9 Å². The second-order valence-corrected chi connectivity index (χ2v) is 4.34. The molecule has 1 fully saturated rings. The minimum Gasteiger partial charge on any atom is -0.383 e. The SMILES string of the molecule is CCN1CC[C@](O)(c2ccccc2)[C@H]1C. The van der Waals surface area contributed by atoms with E-state index in [2.05, 4.69) is 18.7 Å². The zero-order valence-corrected chi connectivity index (χ0v) is 9.48. The van der Waals surface area contributed by atoms with Gasteiger partial charge in [0.15, 0.2) is 0 Å². The van der Waals surface area contributed by atoms with Crippen LogP contribution in [-0.2, 0) is 5.60 Å². The van der Waals surface area contributed by atoms with Crippen molar-refractivity contribution in [1.82, 2.24) is 4.90 Å². The Hall–Kier alpha value is -0.860. The van der Waals surface area contributed by atoms with E-state index >= 15 is 0 Å². The molecule has 2 rings (SSSR count). The largest absolute Gasteiger partial charge is 0.383 e. The molecule has 1 aromatic carbocycles. The van der Waals surface area contributed by atoms with Crippen LogP contribution in [0.25, 0.3) is 0 Å². The Morgan fingerprint density at radius 2 is 2.07 bits per heavy atom. The van der Waals surface area contributed by atoms with Crippen LogP contribution in [0.4, 0.5) is 0 Å². The summed E-state index contributed by atoms with van der Waals surface area (Å²) in [4.78, 5) is 2.33. The third kappa shape index (κ3) is 1.68. The fourth-order valence-corrected chi connectivity index (χ4v) is 2.56. The number of rotatable bonds is 2. The van der Waals surface area contributed by atoms with Gasteiger partial charge in [0.1, 0.15) is 5.60 Å². The fraction of sp³-hybridized carbons (Fsp3) is 0.538. The maximum atomic E-state index is 10.7. The summed E-state index contributed by atoms with van der Waals surface area (Å²) >= 11 is 0. The van der Waals surface area contributed by atoms with E-state index in [0.717, 1.165) is 25.1 Å². The minimum atomic E-state index is -0.655. The number of likely N-dealkylation sites (tertiary alicyclic amines) is 1. The molecule has 1 aliphatic rings. The Bertz CT molecular complexity index is 325. The fourth-order valence-electron chi connectivity index (χ4n) is 2.56. The highest BCUT2D eigenvalue weighted by atomic mass is 16.3. The third-order valence-corrected chi connectivity index (χ3v) is 3.70. The van der Waals surface area contributed by atoms with Gasteiger partial charge in [0.05, 0.1) is 0 Å². The molecule has 0 radical (unpaired) electrons. The molecule has 15 heavy (non-hydrogen) atoms. The van der Waals surface area contributed by atoms with E-state index in [1.165, 1.54) is 0 Å². The first kappa shape index (κ1) is 10.7. The summed E-state index contributed by atoms with van der Waals surface area (Å²) in [6.07, 6.45) is 0.839. The van der Waals surface area contributed by atoms with Crippen LogP contribution in [-0.4, -0.2) is 29.1 Å². The third-order valence-electron chi connectivity index (χ3n) is 3.70. The van der Waals surface area contributed by atoms with Crippen LogP contribution in [0.15, 0.2) is 30.3 Å². The molecule has 1 aliphatic heterocycles. The number of benzene rings is 1. The first-order chi connectivity index (χ1) is 7.18. The number of nitrogens with zero attached hydrogens (tertiary/aromatic N) is 1. The van der Waals surface area contributed by atoms with Crippen LogP contribution in [0.3, 0.4) is 0 Å². The Balaban J connectivity index is 2.29. The van der Waals surface area contributed by atoms with Crippen molar-refractivity contribution < 1.29 is 5.11 Å². The monoisotopic (exact) mass is 205 g/mol. The van der Waals surface area contributed by atoms with Crippen molar-refractivity contribution in [2.75, 3.05) is 13.1 Å². The molecule has 0 aromatic heterocycles. The minimum absolute atomic E-state index is 0.213. The molecule has 2 nitrogen and oxygen atoms in total. The number of likely N-dealkylation sites (N-methyl/N-ethyl adjacent to an activating group) is 1. The Labute approximate surface area is 91.5 Å². The molecule has 1 N–H and O–H groups in total. The first-order valence-corrected chi connectivity index (χ1v) is 5.70. The summed E-state index contributed by atoms with van der Waals surface area (Å²) in [6, 6.07) is 10.2. The van der Waals surface area contributed by atoms with Gasteiger partial charge in [-0.05, 0) is 25.5 Å². The number of hydrogen-bond acceptors (Lipinski definition) is 2. The zero-order chi connectivity index (χ0) is 10.9. The van der Waals surface area contributed by atoms with Gasteiger partial charge in [0, 0.05) is 12.6 Å². The van der Waals surface area contributed by atoms with Gasteiger partial charge in [-0.2, -0.15) is 0 Å². The highest BCUT2D eigenvalue weighted by Crippen LogP contribution is 2.37. The van der Waals surface area contributed by atoms with Gasteiger partial charge >= 0.3 is 0 Å². The highest BCUT2D eigenvalue weighted by Gasteiger charge is 2.43. The first-order valence-electron chi connectivity index (χ1n) is 5.70. The Morgan fingerprint density at radius 3 is 2.60 bits per heavy atom. The highest BCUT2D eigenvalue weighted by molar-refractivity contribution is 5.25. The second kappa shape index (κ2) is 3.95. The summed E-state index contributed by atoms with van der Waals surface area (Å²) in [5, 5.41) is 10.7. The quantitative estimate of drug-likeness (QED) is 0.798. The molecule has 0 saturated carbocycles. The summed E-state index contributed by atoms with van der Waals surface area (Å²) in [5.41, 5.74) is 0.394. The van der Waals surface area contributed by atoms with Crippen molar-refractivity contribution in [2.24, 2.45) is 0 Å². The van der Waals surface area contributed by atoms with E-state index in [1.54, 1.807) is 0 Å². The van der Waals surface area contributed by atoms with E-state index in [9.17, 15) is 5.11 Å². The van der Waals surface area contributed by atoms with E-state index < -0.39 is 5.60 Å². The lowest BCUT2D eigenvalue weighted by atomic mass is 9.87. The van der Waals surface area contributed by atoms with Gasteiger partial charge < -0.3 is 5.11 Å². The van der Waals surface area contributed by atoms with E-state index in [1.807, 2.05) is 30.3 Å². The van der Waals surface area contributed by atoms with Crippen molar-refractivity contribution in [3.63, 3.8) is 0 Å². The maximum Gasteiger partial charge on any atom is 0.106 e. The van der Waals surface area contributed by atoms with Crippen molar-refractivity contribution in [3.8, 4) is 0 Å². The molecular formula is C13H19NO. The smallest absolute Gasteiger partial charge is 0.106 e. The number of hydrogen-bond donors (Lipinski definition) is 1. The predicted octanol–water partition coefficient (Wildman–Crippen LogP) is 1.99. The maximum absolute atomic E-state index is 10.7. The lowest BCUT2D eigenvalue weighted by molar-refractivity contribution is 0.00723. The van der Waals surface area contributed by atoms with Crippen molar-refractivity contribution in [2.45, 2.75) is 31.9 Å². The summed E-state index contributed by atoms with van der Waals surface area (Å²) in [6.45, 7) is 6.26. The molecule has 0 amide bonds. The standard InChI is InChI=1S/C13H19NO/c1-3-14-10-9-13(15,11(14)2)12-7-5-4-6-8-12/h4-8,11,15H,3,9-10H2,1-2H3/t11-,13-/m1/s1. The van der Waals surface area contributed by atoms with Gasteiger partial charge in [0.25, 0.3) is 0 Å². The normalized spacial score (nSPS) is 32.1. The molecule has 0 unspecified atom stereocenters. The molecule has 2 atom stereocenters. The van der Waals surface area contributed by atoms with Crippen molar-refractivity contribution in [1.29, 1.82) is 0 Å². The van der Waals surface area contributed by atoms with Gasteiger partial charge in [-0.25, -0.2) is 0 Å². The van der Waals surface area contributed by atoms with Crippen molar-refractivity contribution >= 4 is 0 Å². The van der Waals surface area contributed by atoms with Crippen LogP contribution < -0.4 is 0 Å². The predicted molar refractivity (Wildman–Crippen MR) is 61.7 cm³/mol. The summed E-state index contributed by atoms with van der Waals surface area (Å²) in [5.74, 6) is 0. The summed E-state index contributed by atoms with van der Waals surface area (Å²) < 4.78 is 0. The van der Waals surface area contributed by atoms with Gasteiger partial charge in [-0.1, -0.05) is 37.3 Å².